The number of rotatable bonds is 1. The van der Waals surface area contributed by atoms with Crippen molar-refractivity contribution in [1.82, 2.24) is 0 Å². The van der Waals surface area contributed by atoms with E-state index in [9.17, 15) is 8.78 Å². The Morgan fingerprint density at radius 2 is 1.88 bits per heavy atom. The van der Waals surface area contributed by atoms with Crippen LogP contribution in [0.25, 0.3) is 11.3 Å². The molecule has 0 aliphatic carbocycles. The van der Waals surface area contributed by atoms with E-state index >= 15 is 0 Å². The van der Waals surface area contributed by atoms with Gasteiger partial charge in [0.15, 0.2) is 6.20 Å². The fourth-order valence-corrected chi connectivity index (χ4v) is 1.71. The van der Waals surface area contributed by atoms with Gasteiger partial charge in [-0.3, -0.25) is 0 Å². The predicted octanol–water partition coefficient (Wildman–Crippen LogP) is 2.76. The second kappa shape index (κ2) is 4.00. The van der Waals surface area contributed by atoms with Gasteiger partial charge < -0.3 is 0 Å². The fourth-order valence-electron chi connectivity index (χ4n) is 1.71. The van der Waals surface area contributed by atoms with Gasteiger partial charge in [-0.25, -0.2) is 13.3 Å². The molecular formula is C13H12F2N+. The summed E-state index contributed by atoms with van der Waals surface area (Å²) in [5.74, 6) is -1.07. The van der Waals surface area contributed by atoms with Gasteiger partial charge >= 0.3 is 0 Å². The lowest BCUT2D eigenvalue weighted by atomic mass is 10.0. The summed E-state index contributed by atoms with van der Waals surface area (Å²) in [7, 11) is 1.84. The van der Waals surface area contributed by atoms with E-state index in [2.05, 4.69) is 0 Å². The molecule has 0 N–H and O–H groups in total. The smallest absolute Gasteiger partial charge is 0.207 e. The quantitative estimate of drug-likeness (QED) is 0.651. The summed E-state index contributed by atoms with van der Waals surface area (Å²) >= 11 is 0. The first-order valence-electron chi connectivity index (χ1n) is 5.00. The second-order valence-electron chi connectivity index (χ2n) is 3.76. The molecule has 0 aliphatic rings. The highest BCUT2D eigenvalue weighted by molar-refractivity contribution is 5.61. The molecule has 0 amide bonds. The van der Waals surface area contributed by atoms with Crippen LogP contribution in [-0.4, -0.2) is 0 Å². The monoisotopic (exact) mass is 220 g/mol. The van der Waals surface area contributed by atoms with Gasteiger partial charge in [0, 0.05) is 18.2 Å². The SMILES string of the molecule is Cc1c(F)cc(F)cc1-c1cccc[n+]1C. The molecule has 16 heavy (non-hydrogen) atoms. The van der Waals surface area contributed by atoms with E-state index in [-0.39, 0.29) is 0 Å². The number of hydrogen-bond donors (Lipinski definition) is 0. The summed E-state index contributed by atoms with van der Waals surface area (Å²) in [6.45, 7) is 1.65. The lowest BCUT2D eigenvalue weighted by molar-refractivity contribution is -0.660. The molecule has 1 aromatic heterocycles. The molecule has 0 aliphatic heterocycles. The normalized spacial score (nSPS) is 10.5. The van der Waals surface area contributed by atoms with E-state index in [4.69, 9.17) is 0 Å². The number of aromatic nitrogens is 1. The number of aryl methyl sites for hydroxylation is 1. The molecule has 1 aromatic carbocycles. The van der Waals surface area contributed by atoms with Crippen molar-refractivity contribution in [2.75, 3.05) is 0 Å². The van der Waals surface area contributed by atoms with Gasteiger partial charge in [0.1, 0.15) is 18.7 Å². The van der Waals surface area contributed by atoms with Crippen LogP contribution in [0.4, 0.5) is 8.78 Å². The Morgan fingerprint density at radius 3 is 2.56 bits per heavy atom. The van der Waals surface area contributed by atoms with Crippen molar-refractivity contribution >= 4 is 0 Å². The van der Waals surface area contributed by atoms with Crippen molar-refractivity contribution in [2.24, 2.45) is 7.05 Å². The lowest BCUT2D eigenvalue weighted by Crippen LogP contribution is -2.30. The first-order chi connectivity index (χ1) is 7.59. The molecule has 0 radical (unpaired) electrons. The van der Waals surface area contributed by atoms with Crippen LogP contribution < -0.4 is 4.57 Å². The first kappa shape index (κ1) is 10.7. The van der Waals surface area contributed by atoms with Crippen LogP contribution in [0, 0.1) is 18.6 Å². The van der Waals surface area contributed by atoms with E-state index in [0.717, 1.165) is 11.8 Å². The summed E-state index contributed by atoms with van der Waals surface area (Å²) < 4.78 is 28.4. The minimum absolute atomic E-state index is 0.461. The number of benzene rings is 1. The molecule has 2 aromatic rings. The van der Waals surface area contributed by atoms with E-state index < -0.39 is 11.6 Å². The van der Waals surface area contributed by atoms with Crippen molar-refractivity contribution in [1.29, 1.82) is 0 Å². The minimum atomic E-state index is -0.554. The van der Waals surface area contributed by atoms with E-state index in [1.807, 2.05) is 36.0 Å². The lowest BCUT2D eigenvalue weighted by Gasteiger charge is -2.05. The first-order valence-corrected chi connectivity index (χ1v) is 5.00. The molecular weight excluding hydrogens is 208 g/mol. The van der Waals surface area contributed by atoms with E-state index in [1.54, 1.807) is 6.92 Å². The van der Waals surface area contributed by atoms with Gasteiger partial charge in [0.25, 0.3) is 0 Å². The highest BCUT2D eigenvalue weighted by atomic mass is 19.1. The zero-order valence-electron chi connectivity index (χ0n) is 9.17. The molecule has 2 rings (SSSR count). The molecule has 0 unspecified atom stereocenters. The maximum atomic E-state index is 13.4. The van der Waals surface area contributed by atoms with Crippen LogP contribution in [0.2, 0.25) is 0 Å². The summed E-state index contributed by atoms with van der Waals surface area (Å²) in [6, 6.07) is 7.81. The van der Waals surface area contributed by atoms with Gasteiger partial charge in [-0.1, -0.05) is 0 Å². The average molecular weight is 220 g/mol. The third-order valence-electron chi connectivity index (χ3n) is 2.64. The van der Waals surface area contributed by atoms with Crippen molar-refractivity contribution in [3.05, 3.63) is 53.7 Å². The largest absolute Gasteiger partial charge is 0.212 e. The number of hydrogen-bond acceptors (Lipinski definition) is 0. The zero-order valence-corrected chi connectivity index (χ0v) is 9.17. The molecule has 82 valence electrons. The van der Waals surface area contributed by atoms with Crippen LogP contribution in [-0.2, 0) is 7.05 Å². The molecule has 0 fully saturated rings. The van der Waals surface area contributed by atoms with Gasteiger partial charge in [0.05, 0.1) is 5.56 Å². The highest BCUT2D eigenvalue weighted by Crippen LogP contribution is 2.23. The molecule has 1 heterocycles. The summed E-state index contributed by atoms with van der Waals surface area (Å²) in [5.41, 5.74) is 1.84. The molecule has 0 saturated carbocycles. The number of halogens is 2. The average Bonchev–Trinajstić information content (AvgIpc) is 2.24. The molecule has 0 bridgehead atoms. The Bertz CT molecular complexity index is 535. The standard InChI is InChI=1S/C13H12F2N/c1-9-11(7-10(14)8-12(9)15)13-5-3-4-6-16(13)2/h3-8H,1-2H3/q+1. The van der Waals surface area contributed by atoms with Crippen LogP contribution in [0.3, 0.4) is 0 Å². The zero-order chi connectivity index (χ0) is 11.7. The van der Waals surface area contributed by atoms with Gasteiger partial charge in [0.2, 0.25) is 5.69 Å². The fraction of sp³-hybridized carbons (Fsp3) is 0.154. The minimum Gasteiger partial charge on any atom is -0.207 e. The van der Waals surface area contributed by atoms with E-state index in [0.29, 0.717) is 11.1 Å². The molecule has 0 saturated heterocycles. The summed E-state index contributed by atoms with van der Waals surface area (Å²) in [5, 5.41) is 0. The van der Waals surface area contributed by atoms with Gasteiger partial charge in [-0.2, -0.15) is 0 Å². The van der Waals surface area contributed by atoms with Crippen molar-refractivity contribution in [3.63, 3.8) is 0 Å². The Kier molecular flexibility index (Phi) is 2.69. The maximum absolute atomic E-state index is 13.4. The number of nitrogens with zero attached hydrogens (tertiary/aromatic N) is 1. The molecule has 3 heteroatoms. The molecule has 0 atom stereocenters. The third kappa shape index (κ3) is 1.81. The Hall–Kier alpha value is -1.77. The Balaban J connectivity index is 2.69. The second-order valence-corrected chi connectivity index (χ2v) is 3.76. The third-order valence-corrected chi connectivity index (χ3v) is 2.64. The molecule has 1 nitrogen and oxygen atoms in total. The highest BCUT2D eigenvalue weighted by Gasteiger charge is 2.15. The molecule has 0 spiro atoms. The van der Waals surface area contributed by atoms with Gasteiger partial charge in [-0.15, -0.1) is 0 Å². The summed E-state index contributed by atoms with van der Waals surface area (Å²) in [4.78, 5) is 0. The van der Waals surface area contributed by atoms with Crippen LogP contribution in [0.5, 0.6) is 0 Å². The summed E-state index contributed by atoms with van der Waals surface area (Å²) in [6.07, 6.45) is 1.84. The Labute approximate surface area is 93.0 Å². The van der Waals surface area contributed by atoms with Crippen molar-refractivity contribution < 1.29 is 13.3 Å². The van der Waals surface area contributed by atoms with Crippen molar-refractivity contribution in [3.8, 4) is 11.3 Å². The van der Waals surface area contributed by atoms with Crippen molar-refractivity contribution in [2.45, 2.75) is 6.92 Å². The van der Waals surface area contributed by atoms with E-state index in [1.165, 1.54) is 6.07 Å². The topological polar surface area (TPSA) is 3.88 Å². The predicted molar refractivity (Wildman–Crippen MR) is 57.7 cm³/mol. The Morgan fingerprint density at radius 1 is 1.12 bits per heavy atom. The van der Waals surface area contributed by atoms with Gasteiger partial charge in [-0.05, 0) is 24.6 Å². The van der Waals surface area contributed by atoms with Crippen LogP contribution in [0.1, 0.15) is 5.56 Å². The number of pyridine rings is 1. The van der Waals surface area contributed by atoms with Crippen LogP contribution >= 0.6 is 0 Å². The maximum Gasteiger partial charge on any atom is 0.212 e. The van der Waals surface area contributed by atoms with Crippen LogP contribution in [0.15, 0.2) is 36.5 Å².